The number of nitriles is 1. The number of piperidine rings is 1. The number of amides is 1. The number of carbonyl (C=O) groups is 1. The number of pyridine rings is 1. The SMILES string of the molecule is N#Cc1ccc(N2CC[C@@H](Nc3c(C(N)=O)cnn4cc(-c5ccccc5)cc34)[C@H](F)C2)nc1. The van der Waals surface area contributed by atoms with Gasteiger partial charge < -0.3 is 16.0 Å². The number of halogens is 1. The standard InChI is InChI=1S/C25H22FN7O/c26-20-15-32(23-7-6-16(11-27)12-29-23)9-8-21(20)31-24-19(25(28)34)13-30-33-14-18(10-22(24)33)17-4-2-1-3-5-17/h1-7,10,12-14,20-21,31H,8-9,15H2,(H2,28,34)/t20-,21-/m1/s1. The zero-order valence-corrected chi connectivity index (χ0v) is 18.2. The number of carbonyl (C=O) groups excluding carboxylic acids is 1. The fourth-order valence-corrected chi connectivity index (χ4v) is 4.28. The van der Waals surface area contributed by atoms with Crippen LogP contribution < -0.4 is 16.0 Å². The summed E-state index contributed by atoms with van der Waals surface area (Å²) in [5.41, 5.74) is 9.36. The molecule has 1 aromatic carbocycles. The zero-order valence-electron chi connectivity index (χ0n) is 18.2. The molecule has 0 unspecified atom stereocenters. The molecule has 1 aliphatic rings. The fraction of sp³-hybridized carbons (Fsp3) is 0.200. The second-order valence-electron chi connectivity index (χ2n) is 8.24. The molecule has 4 aromatic rings. The second-order valence-corrected chi connectivity index (χ2v) is 8.24. The summed E-state index contributed by atoms with van der Waals surface area (Å²) in [6.45, 7) is 0.709. The summed E-state index contributed by atoms with van der Waals surface area (Å²) in [5.74, 6) is -0.00194. The summed E-state index contributed by atoms with van der Waals surface area (Å²) >= 11 is 0. The van der Waals surface area contributed by atoms with E-state index in [9.17, 15) is 4.79 Å². The molecule has 2 atom stereocenters. The van der Waals surface area contributed by atoms with Crippen LogP contribution in [-0.4, -0.2) is 45.8 Å². The van der Waals surface area contributed by atoms with Crippen molar-refractivity contribution in [2.45, 2.75) is 18.6 Å². The van der Waals surface area contributed by atoms with Crippen molar-refractivity contribution >= 4 is 22.9 Å². The third-order valence-corrected chi connectivity index (χ3v) is 6.08. The second kappa shape index (κ2) is 8.83. The summed E-state index contributed by atoms with van der Waals surface area (Å²) in [6, 6.07) is 16.6. The average Bonchev–Trinajstić information content (AvgIpc) is 3.31. The van der Waals surface area contributed by atoms with Gasteiger partial charge >= 0.3 is 0 Å². The Morgan fingerprint density at radius 2 is 2.00 bits per heavy atom. The number of nitrogens with two attached hydrogens (primary N) is 1. The van der Waals surface area contributed by atoms with E-state index in [-0.39, 0.29) is 12.1 Å². The van der Waals surface area contributed by atoms with Gasteiger partial charge in [0.15, 0.2) is 0 Å². The predicted octanol–water partition coefficient (Wildman–Crippen LogP) is 3.40. The van der Waals surface area contributed by atoms with Crippen LogP contribution in [0, 0.1) is 11.3 Å². The van der Waals surface area contributed by atoms with Crippen LogP contribution in [-0.2, 0) is 0 Å². The van der Waals surface area contributed by atoms with Crippen LogP contribution in [0.3, 0.4) is 0 Å². The van der Waals surface area contributed by atoms with Crippen molar-refractivity contribution in [1.29, 1.82) is 5.26 Å². The number of nitrogens with one attached hydrogen (secondary N) is 1. The summed E-state index contributed by atoms with van der Waals surface area (Å²) in [6.07, 6.45) is 4.03. The fourth-order valence-electron chi connectivity index (χ4n) is 4.28. The van der Waals surface area contributed by atoms with Crippen molar-refractivity contribution in [2.24, 2.45) is 5.73 Å². The van der Waals surface area contributed by atoms with Crippen molar-refractivity contribution in [1.82, 2.24) is 14.6 Å². The van der Waals surface area contributed by atoms with Crippen molar-refractivity contribution in [3.05, 3.63) is 78.2 Å². The minimum Gasteiger partial charge on any atom is -0.377 e. The third-order valence-electron chi connectivity index (χ3n) is 6.08. The first-order valence-electron chi connectivity index (χ1n) is 10.9. The lowest BCUT2D eigenvalue weighted by molar-refractivity contribution is 0.100. The highest BCUT2D eigenvalue weighted by Crippen LogP contribution is 2.31. The molecule has 34 heavy (non-hydrogen) atoms. The van der Waals surface area contributed by atoms with Gasteiger partial charge in [0, 0.05) is 24.5 Å². The van der Waals surface area contributed by atoms with Crippen molar-refractivity contribution < 1.29 is 9.18 Å². The molecule has 0 radical (unpaired) electrons. The summed E-state index contributed by atoms with van der Waals surface area (Å²) in [4.78, 5) is 18.3. The number of anilines is 2. The Morgan fingerprint density at radius 3 is 2.68 bits per heavy atom. The topological polar surface area (TPSA) is 112 Å². The Kier molecular flexibility index (Phi) is 5.55. The number of hydrogen-bond acceptors (Lipinski definition) is 6. The highest BCUT2D eigenvalue weighted by Gasteiger charge is 2.31. The average molecular weight is 455 g/mol. The van der Waals surface area contributed by atoms with Gasteiger partial charge in [-0.05, 0) is 30.2 Å². The van der Waals surface area contributed by atoms with Crippen molar-refractivity contribution in [2.75, 3.05) is 23.3 Å². The molecular weight excluding hydrogens is 433 g/mol. The van der Waals surface area contributed by atoms with Crippen LogP contribution in [0.1, 0.15) is 22.3 Å². The van der Waals surface area contributed by atoms with Crippen LogP contribution in [0.25, 0.3) is 16.6 Å². The van der Waals surface area contributed by atoms with Gasteiger partial charge in [-0.25, -0.2) is 13.9 Å². The van der Waals surface area contributed by atoms with E-state index in [2.05, 4.69) is 15.4 Å². The highest BCUT2D eigenvalue weighted by molar-refractivity contribution is 6.02. The van der Waals surface area contributed by atoms with Gasteiger partial charge in [0.25, 0.3) is 5.91 Å². The molecule has 1 aliphatic heterocycles. The first kappa shape index (κ1) is 21.4. The van der Waals surface area contributed by atoms with Gasteiger partial charge in [-0.3, -0.25) is 4.79 Å². The Morgan fingerprint density at radius 1 is 1.18 bits per heavy atom. The largest absolute Gasteiger partial charge is 0.377 e. The number of hydrogen-bond donors (Lipinski definition) is 2. The summed E-state index contributed by atoms with van der Waals surface area (Å²) in [7, 11) is 0. The van der Waals surface area contributed by atoms with Crippen LogP contribution in [0.4, 0.5) is 15.9 Å². The number of fused-ring (bicyclic) bond motifs is 1. The molecule has 0 aliphatic carbocycles. The predicted molar refractivity (Wildman–Crippen MR) is 127 cm³/mol. The van der Waals surface area contributed by atoms with Gasteiger partial charge in [0.1, 0.15) is 18.1 Å². The minimum atomic E-state index is -1.22. The van der Waals surface area contributed by atoms with Gasteiger partial charge in [-0.2, -0.15) is 10.4 Å². The lowest BCUT2D eigenvalue weighted by Crippen LogP contribution is -2.48. The first-order valence-corrected chi connectivity index (χ1v) is 10.9. The molecule has 0 saturated carbocycles. The number of aromatic nitrogens is 3. The minimum absolute atomic E-state index is 0.139. The maximum absolute atomic E-state index is 15.3. The van der Waals surface area contributed by atoms with E-state index in [1.54, 1.807) is 16.6 Å². The van der Waals surface area contributed by atoms with Crippen LogP contribution in [0.15, 0.2) is 67.1 Å². The Balaban J connectivity index is 1.42. The van der Waals surface area contributed by atoms with Crippen LogP contribution in [0.5, 0.6) is 0 Å². The normalized spacial score (nSPS) is 17.9. The summed E-state index contributed by atoms with van der Waals surface area (Å²) in [5, 5.41) is 16.5. The van der Waals surface area contributed by atoms with Gasteiger partial charge in [-0.1, -0.05) is 30.3 Å². The highest BCUT2D eigenvalue weighted by atomic mass is 19.1. The smallest absolute Gasteiger partial charge is 0.252 e. The monoisotopic (exact) mass is 455 g/mol. The van der Waals surface area contributed by atoms with E-state index in [4.69, 9.17) is 11.0 Å². The van der Waals surface area contributed by atoms with E-state index in [1.165, 1.54) is 12.4 Å². The number of nitrogens with zero attached hydrogens (tertiary/aromatic N) is 5. The van der Waals surface area contributed by atoms with Crippen molar-refractivity contribution in [3.63, 3.8) is 0 Å². The molecule has 0 bridgehead atoms. The maximum Gasteiger partial charge on any atom is 0.252 e. The number of benzene rings is 1. The van der Waals surface area contributed by atoms with Crippen molar-refractivity contribution in [3.8, 4) is 17.2 Å². The van der Waals surface area contributed by atoms with E-state index in [1.807, 2.05) is 53.6 Å². The lowest BCUT2D eigenvalue weighted by Gasteiger charge is -2.36. The molecule has 4 heterocycles. The van der Waals surface area contributed by atoms with Gasteiger partial charge in [0.05, 0.1) is 41.1 Å². The van der Waals surface area contributed by atoms with E-state index >= 15 is 4.39 Å². The van der Waals surface area contributed by atoms with Crippen LogP contribution in [0.2, 0.25) is 0 Å². The maximum atomic E-state index is 15.3. The molecule has 170 valence electrons. The molecular formula is C25H22FN7O. The quantitative estimate of drug-likeness (QED) is 0.477. The van der Waals surface area contributed by atoms with Gasteiger partial charge in [-0.15, -0.1) is 0 Å². The Bertz CT molecular complexity index is 1380. The number of rotatable bonds is 5. The van der Waals surface area contributed by atoms with Gasteiger partial charge in [0.2, 0.25) is 0 Å². The third kappa shape index (κ3) is 4.01. The number of primary amides is 1. The molecule has 0 spiro atoms. The zero-order chi connectivity index (χ0) is 23.7. The first-order chi connectivity index (χ1) is 16.5. The molecule has 5 rings (SSSR count). The van der Waals surface area contributed by atoms with E-state index in [0.29, 0.717) is 35.6 Å². The van der Waals surface area contributed by atoms with E-state index in [0.717, 1.165) is 11.1 Å². The Hall–Kier alpha value is -4.45. The molecule has 1 saturated heterocycles. The molecule has 1 amide bonds. The van der Waals surface area contributed by atoms with Crippen LogP contribution >= 0.6 is 0 Å². The summed E-state index contributed by atoms with van der Waals surface area (Å²) < 4.78 is 17.0. The molecule has 1 fully saturated rings. The molecule has 9 heteroatoms. The Labute approximate surface area is 195 Å². The lowest BCUT2D eigenvalue weighted by atomic mass is 10.0. The molecule has 8 nitrogen and oxygen atoms in total. The van der Waals surface area contributed by atoms with E-state index < -0.39 is 18.1 Å². The molecule has 3 N–H and O–H groups in total. The number of alkyl halides is 1. The molecule has 3 aromatic heterocycles.